The van der Waals surface area contributed by atoms with E-state index in [-0.39, 0.29) is 6.54 Å². The molecular weight excluding hydrogens is 172 g/mol. The Labute approximate surface area is 76.8 Å². The molecule has 12 heavy (non-hydrogen) atoms. The number of para-hydroxylation sites is 1. The Balaban J connectivity index is 2.90. The van der Waals surface area contributed by atoms with E-state index < -0.39 is 0 Å². The number of nitriles is 1. The third-order valence-electron chi connectivity index (χ3n) is 1.57. The molecule has 62 valence electrons. The summed E-state index contributed by atoms with van der Waals surface area (Å²) in [7, 11) is 0. The molecule has 0 unspecified atom stereocenters. The molecule has 0 radical (unpaired) electrons. The smallest absolute Gasteiger partial charge is 0.103 e. The van der Waals surface area contributed by atoms with Crippen LogP contribution in [-0.4, -0.2) is 6.54 Å². The van der Waals surface area contributed by atoms with Crippen LogP contribution in [0.15, 0.2) is 18.2 Å². The SMILES string of the molecule is Cc1cccc(Cl)c1NCC#N. The van der Waals surface area contributed by atoms with E-state index in [1.807, 2.05) is 25.1 Å². The van der Waals surface area contributed by atoms with Crippen LogP contribution < -0.4 is 5.32 Å². The van der Waals surface area contributed by atoms with Gasteiger partial charge in [-0.2, -0.15) is 5.26 Å². The summed E-state index contributed by atoms with van der Waals surface area (Å²) in [6.45, 7) is 2.23. The Kier molecular flexibility index (Phi) is 2.95. The normalized spacial score (nSPS) is 9.08. The van der Waals surface area contributed by atoms with Gasteiger partial charge in [-0.1, -0.05) is 23.7 Å². The zero-order chi connectivity index (χ0) is 8.97. The summed E-state index contributed by atoms with van der Waals surface area (Å²) in [6, 6.07) is 7.63. The topological polar surface area (TPSA) is 35.8 Å². The molecule has 2 nitrogen and oxygen atoms in total. The molecule has 0 saturated heterocycles. The van der Waals surface area contributed by atoms with Gasteiger partial charge in [-0.3, -0.25) is 0 Å². The Hall–Kier alpha value is -1.20. The van der Waals surface area contributed by atoms with Gasteiger partial charge < -0.3 is 5.32 Å². The average molecular weight is 181 g/mol. The minimum Gasteiger partial charge on any atom is -0.371 e. The van der Waals surface area contributed by atoms with Crippen molar-refractivity contribution in [2.45, 2.75) is 6.92 Å². The Bertz CT molecular complexity index is 295. The Morgan fingerprint density at radius 2 is 2.33 bits per heavy atom. The second-order valence-corrected chi connectivity index (χ2v) is 2.85. The summed E-state index contributed by atoms with van der Waals surface area (Å²) in [5.41, 5.74) is 1.90. The van der Waals surface area contributed by atoms with E-state index in [4.69, 9.17) is 16.9 Å². The van der Waals surface area contributed by atoms with Crippen molar-refractivity contribution in [2.24, 2.45) is 0 Å². The van der Waals surface area contributed by atoms with Gasteiger partial charge in [0.15, 0.2) is 0 Å². The zero-order valence-corrected chi connectivity index (χ0v) is 7.52. The molecule has 0 fully saturated rings. The average Bonchev–Trinajstić information content (AvgIpc) is 2.04. The van der Waals surface area contributed by atoms with Gasteiger partial charge in [0.1, 0.15) is 6.54 Å². The number of nitrogens with zero attached hydrogens (tertiary/aromatic N) is 1. The quantitative estimate of drug-likeness (QED) is 0.711. The first-order valence-electron chi connectivity index (χ1n) is 3.61. The highest BCUT2D eigenvalue weighted by atomic mass is 35.5. The van der Waals surface area contributed by atoms with E-state index in [0.717, 1.165) is 11.3 Å². The summed E-state index contributed by atoms with van der Waals surface area (Å²) in [5.74, 6) is 0. The van der Waals surface area contributed by atoms with Gasteiger partial charge in [-0.25, -0.2) is 0 Å². The van der Waals surface area contributed by atoms with E-state index in [2.05, 4.69) is 5.32 Å². The van der Waals surface area contributed by atoms with E-state index in [1.54, 1.807) is 6.07 Å². The van der Waals surface area contributed by atoms with Crippen LogP contribution in [0.3, 0.4) is 0 Å². The zero-order valence-electron chi connectivity index (χ0n) is 6.76. The maximum absolute atomic E-state index is 8.35. The molecular formula is C9H9ClN2. The molecule has 0 aliphatic heterocycles. The summed E-state index contributed by atoms with van der Waals surface area (Å²) in [5, 5.41) is 11.9. The number of nitrogens with one attached hydrogen (secondary N) is 1. The second kappa shape index (κ2) is 3.99. The monoisotopic (exact) mass is 180 g/mol. The van der Waals surface area contributed by atoms with Crippen LogP contribution in [-0.2, 0) is 0 Å². The highest BCUT2D eigenvalue weighted by Crippen LogP contribution is 2.24. The van der Waals surface area contributed by atoms with Gasteiger partial charge in [-0.05, 0) is 18.6 Å². The molecule has 1 rings (SSSR count). The molecule has 0 aliphatic rings. The van der Waals surface area contributed by atoms with Crippen LogP contribution in [0.1, 0.15) is 5.56 Å². The lowest BCUT2D eigenvalue weighted by atomic mass is 10.2. The lowest BCUT2D eigenvalue weighted by Gasteiger charge is -2.07. The molecule has 0 aromatic heterocycles. The maximum Gasteiger partial charge on any atom is 0.103 e. The van der Waals surface area contributed by atoms with E-state index >= 15 is 0 Å². The van der Waals surface area contributed by atoms with Crippen molar-refractivity contribution in [3.8, 4) is 6.07 Å². The molecule has 1 aromatic rings. The van der Waals surface area contributed by atoms with Gasteiger partial charge in [-0.15, -0.1) is 0 Å². The number of hydrogen-bond acceptors (Lipinski definition) is 2. The van der Waals surface area contributed by atoms with Crippen LogP contribution in [0.2, 0.25) is 5.02 Å². The van der Waals surface area contributed by atoms with Gasteiger partial charge in [0.25, 0.3) is 0 Å². The van der Waals surface area contributed by atoms with E-state index in [9.17, 15) is 0 Å². The number of rotatable bonds is 2. The van der Waals surface area contributed by atoms with Crippen LogP contribution in [0.4, 0.5) is 5.69 Å². The summed E-state index contributed by atoms with van der Waals surface area (Å²) < 4.78 is 0. The number of benzene rings is 1. The van der Waals surface area contributed by atoms with Crippen molar-refractivity contribution >= 4 is 17.3 Å². The van der Waals surface area contributed by atoms with Crippen molar-refractivity contribution in [3.05, 3.63) is 28.8 Å². The minimum atomic E-state index is 0.282. The molecule has 1 aromatic carbocycles. The van der Waals surface area contributed by atoms with Gasteiger partial charge in [0.2, 0.25) is 0 Å². The first kappa shape index (κ1) is 8.89. The largest absolute Gasteiger partial charge is 0.371 e. The predicted molar refractivity (Wildman–Crippen MR) is 50.3 cm³/mol. The molecule has 0 bridgehead atoms. The molecule has 0 spiro atoms. The first-order chi connectivity index (χ1) is 5.75. The lowest BCUT2D eigenvalue weighted by Crippen LogP contribution is -2.00. The van der Waals surface area contributed by atoms with Crippen LogP contribution >= 0.6 is 11.6 Å². The third-order valence-corrected chi connectivity index (χ3v) is 1.88. The van der Waals surface area contributed by atoms with Crippen LogP contribution in [0, 0.1) is 18.3 Å². The third kappa shape index (κ3) is 1.90. The molecule has 0 saturated carbocycles. The fraction of sp³-hybridized carbons (Fsp3) is 0.222. The number of anilines is 1. The fourth-order valence-corrected chi connectivity index (χ4v) is 1.27. The second-order valence-electron chi connectivity index (χ2n) is 2.44. The van der Waals surface area contributed by atoms with Crippen molar-refractivity contribution in [1.82, 2.24) is 0 Å². The van der Waals surface area contributed by atoms with Crippen LogP contribution in [0.25, 0.3) is 0 Å². The highest BCUT2D eigenvalue weighted by molar-refractivity contribution is 6.33. The minimum absolute atomic E-state index is 0.282. The Morgan fingerprint density at radius 1 is 1.58 bits per heavy atom. The molecule has 0 atom stereocenters. The molecule has 1 N–H and O–H groups in total. The van der Waals surface area contributed by atoms with Crippen molar-refractivity contribution in [1.29, 1.82) is 5.26 Å². The lowest BCUT2D eigenvalue weighted by molar-refractivity contribution is 1.29. The van der Waals surface area contributed by atoms with E-state index in [0.29, 0.717) is 5.02 Å². The highest BCUT2D eigenvalue weighted by Gasteiger charge is 2.00. The van der Waals surface area contributed by atoms with Crippen molar-refractivity contribution in [3.63, 3.8) is 0 Å². The summed E-state index contributed by atoms with van der Waals surface area (Å²) >= 11 is 5.89. The van der Waals surface area contributed by atoms with Gasteiger partial charge in [0.05, 0.1) is 16.8 Å². The van der Waals surface area contributed by atoms with Gasteiger partial charge in [0, 0.05) is 0 Å². The predicted octanol–water partition coefficient (Wildman–Crippen LogP) is 2.58. The van der Waals surface area contributed by atoms with Gasteiger partial charge >= 0.3 is 0 Å². The first-order valence-corrected chi connectivity index (χ1v) is 3.99. The Morgan fingerprint density at radius 3 is 2.92 bits per heavy atom. The molecule has 0 amide bonds. The molecule has 0 aliphatic carbocycles. The number of aryl methyl sites for hydroxylation is 1. The summed E-state index contributed by atoms with van der Waals surface area (Å²) in [4.78, 5) is 0. The number of halogens is 1. The van der Waals surface area contributed by atoms with E-state index in [1.165, 1.54) is 0 Å². The van der Waals surface area contributed by atoms with Crippen LogP contribution in [0.5, 0.6) is 0 Å². The standard InChI is InChI=1S/C9H9ClN2/c1-7-3-2-4-8(10)9(7)12-6-5-11/h2-4,12H,6H2,1H3. The summed E-state index contributed by atoms with van der Waals surface area (Å²) in [6.07, 6.45) is 0. The number of hydrogen-bond donors (Lipinski definition) is 1. The molecule has 0 heterocycles. The van der Waals surface area contributed by atoms with Crippen molar-refractivity contribution in [2.75, 3.05) is 11.9 Å². The maximum atomic E-state index is 8.35. The fourth-order valence-electron chi connectivity index (χ4n) is 0.984. The molecule has 3 heteroatoms. The van der Waals surface area contributed by atoms with Crippen molar-refractivity contribution < 1.29 is 0 Å².